The van der Waals surface area contributed by atoms with Crippen molar-refractivity contribution in [2.45, 2.75) is 26.3 Å². The number of benzene rings is 1. The average molecular weight is 413 g/mol. The fraction of sp³-hybridized carbons (Fsp3) is 0.444. The molecule has 2 aromatic rings. The van der Waals surface area contributed by atoms with Crippen LogP contribution in [0.4, 0.5) is 11.4 Å². The van der Waals surface area contributed by atoms with Gasteiger partial charge < -0.3 is 15.1 Å². The second kappa shape index (κ2) is 8.93. The summed E-state index contributed by atoms with van der Waals surface area (Å²) in [6, 6.07) is 6.00. The van der Waals surface area contributed by atoms with Gasteiger partial charge in [-0.2, -0.15) is 0 Å². The van der Waals surface area contributed by atoms with Crippen molar-refractivity contribution >= 4 is 51.8 Å². The van der Waals surface area contributed by atoms with Gasteiger partial charge in [0.25, 0.3) is 0 Å². The van der Waals surface area contributed by atoms with E-state index in [4.69, 9.17) is 23.2 Å². The van der Waals surface area contributed by atoms with Gasteiger partial charge in [-0.25, -0.2) is 4.98 Å². The summed E-state index contributed by atoms with van der Waals surface area (Å²) in [4.78, 5) is 21.3. The number of nitrogens with one attached hydrogen (secondary N) is 1. The van der Waals surface area contributed by atoms with Crippen LogP contribution in [0.15, 0.2) is 24.4 Å². The van der Waals surface area contributed by atoms with Crippen LogP contribution >= 0.6 is 34.5 Å². The highest BCUT2D eigenvalue weighted by molar-refractivity contribution is 7.15. The van der Waals surface area contributed by atoms with Crippen molar-refractivity contribution in [1.29, 1.82) is 0 Å². The smallest absolute Gasteiger partial charge is 0.222 e. The van der Waals surface area contributed by atoms with Crippen molar-refractivity contribution in [2.24, 2.45) is 0 Å². The van der Waals surface area contributed by atoms with Gasteiger partial charge in [0.2, 0.25) is 5.91 Å². The van der Waals surface area contributed by atoms with Crippen LogP contribution in [0.5, 0.6) is 0 Å². The highest BCUT2D eigenvalue weighted by Crippen LogP contribution is 2.30. The summed E-state index contributed by atoms with van der Waals surface area (Å²) in [6.45, 7) is 5.82. The predicted octanol–water partition coefficient (Wildman–Crippen LogP) is 4.51. The van der Waals surface area contributed by atoms with Crippen molar-refractivity contribution < 1.29 is 4.79 Å². The molecule has 1 aromatic heterocycles. The van der Waals surface area contributed by atoms with Crippen LogP contribution in [0.1, 0.15) is 24.6 Å². The molecule has 26 heavy (non-hydrogen) atoms. The quantitative estimate of drug-likeness (QED) is 0.757. The molecule has 0 spiro atoms. The van der Waals surface area contributed by atoms with Gasteiger partial charge in [-0.3, -0.25) is 4.79 Å². The summed E-state index contributed by atoms with van der Waals surface area (Å²) in [5.74, 6) is 0.251. The summed E-state index contributed by atoms with van der Waals surface area (Å²) in [5, 5.41) is 4.05. The SMILES string of the molecule is CCCC(=O)N1CCN(c2ccc(NCc3cnc(Cl)s3)cc2Cl)CC1. The number of halogens is 2. The lowest BCUT2D eigenvalue weighted by Crippen LogP contribution is -2.48. The molecule has 0 unspecified atom stereocenters. The Kier molecular flexibility index (Phi) is 6.62. The first-order valence-corrected chi connectivity index (χ1v) is 10.3. The fourth-order valence-electron chi connectivity index (χ4n) is 3.00. The number of anilines is 2. The van der Waals surface area contributed by atoms with E-state index >= 15 is 0 Å². The minimum absolute atomic E-state index is 0.251. The zero-order valence-corrected chi connectivity index (χ0v) is 17.0. The molecule has 1 fully saturated rings. The van der Waals surface area contributed by atoms with Gasteiger partial charge in [-0.1, -0.05) is 30.1 Å². The van der Waals surface area contributed by atoms with Crippen LogP contribution < -0.4 is 10.2 Å². The molecule has 0 radical (unpaired) electrons. The van der Waals surface area contributed by atoms with Crippen LogP contribution in [0.3, 0.4) is 0 Å². The normalized spacial score (nSPS) is 14.6. The van der Waals surface area contributed by atoms with E-state index in [2.05, 4.69) is 15.2 Å². The molecule has 0 aliphatic carbocycles. The van der Waals surface area contributed by atoms with E-state index < -0.39 is 0 Å². The number of hydrogen-bond donors (Lipinski definition) is 1. The Morgan fingerprint density at radius 1 is 1.27 bits per heavy atom. The lowest BCUT2D eigenvalue weighted by molar-refractivity contribution is -0.131. The highest BCUT2D eigenvalue weighted by Gasteiger charge is 2.21. The van der Waals surface area contributed by atoms with Crippen LogP contribution in [-0.2, 0) is 11.3 Å². The lowest BCUT2D eigenvalue weighted by Gasteiger charge is -2.36. The molecule has 0 bridgehead atoms. The maximum absolute atomic E-state index is 12.0. The molecule has 5 nitrogen and oxygen atoms in total. The van der Waals surface area contributed by atoms with Gasteiger partial charge in [0.05, 0.1) is 17.3 Å². The highest BCUT2D eigenvalue weighted by atomic mass is 35.5. The number of amides is 1. The third-order valence-corrected chi connectivity index (χ3v) is 5.79. The molecule has 0 saturated carbocycles. The average Bonchev–Trinajstić information content (AvgIpc) is 3.06. The summed E-state index contributed by atoms with van der Waals surface area (Å²) >= 11 is 13.8. The molecule has 140 valence electrons. The topological polar surface area (TPSA) is 48.5 Å². The van der Waals surface area contributed by atoms with Gasteiger partial charge in [0, 0.05) is 49.4 Å². The van der Waals surface area contributed by atoms with E-state index in [0.29, 0.717) is 22.5 Å². The van der Waals surface area contributed by atoms with Crippen LogP contribution in [0, 0.1) is 0 Å². The number of thiazole rings is 1. The van der Waals surface area contributed by atoms with Crippen molar-refractivity contribution in [3.05, 3.63) is 38.8 Å². The molecule has 1 aromatic carbocycles. The largest absolute Gasteiger partial charge is 0.380 e. The second-order valence-electron chi connectivity index (χ2n) is 6.22. The second-order valence-corrected chi connectivity index (χ2v) is 8.32. The standard InChI is InChI=1S/C18H22Cl2N4OS/c1-2-3-17(25)24-8-6-23(7-9-24)16-5-4-13(10-15(16)19)21-11-14-12-22-18(20)26-14/h4-5,10,12,21H,2-3,6-9,11H2,1H3. The number of carbonyl (C=O) groups is 1. The van der Waals surface area contributed by atoms with Crippen molar-refractivity contribution in [2.75, 3.05) is 36.4 Å². The first kappa shape index (κ1) is 19.3. The van der Waals surface area contributed by atoms with E-state index in [1.807, 2.05) is 30.0 Å². The van der Waals surface area contributed by atoms with E-state index in [1.165, 1.54) is 11.3 Å². The maximum atomic E-state index is 12.0. The molecule has 1 N–H and O–H groups in total. The van der Waals surface area contributed by atoms with Crippen LogP contribution in [-0.4, -0.2) is 42.0 Å². The molecule has 2 heterocycles. The number of aromatic nitrogens is 1. The third-order valence-electron chi connectivity index (χ3n) is 4.38. The molecule has 1 saturated heterocycles. The minimum atomic E-state index is 0.251. The molecule has 1 amide bonds. The number of piperazine rings is 1. The summed E-state index contributed by atoms with van der Waals surface area (Å²) in [6.07, 6.45) is 3.30. The Balaban J connectivity index is 1.57. The van der Waals surface area contributed by atoms with E-state index in [-0.39, 0.29) is 5.91 Å². The van der Waals surface area contributed by atoms with Crippen molar-refractivity contribution in [3.63, 3.8) is 0 Å². The van der Waals surface area contributed by atoms with Gasteiger partial charge in [0.1, 0.15) is 0 Å². The van der Waals surface area contributed by atoms with Crippen molar-refractivity contribution in [3.8, 4) is 0 Å². The Morgan fingerprint density at radius 3 is 2.65 bits per heavy atom. The Bertz CT molecular complexity index is 759. The molecule has 1 aliphatic heterocycles. The maximum Gasteiger partial charge on any atom is 0.222 e. The first-order chi connectivity index (χ1) is 12.6. The van der Waals surface area contributed by atoms with Gasteiger partial charge in [-0.15, -0.1) is 11.3 Å². The monoisotopic (exact) mass is 412 g/mol. The molecule has 8 heteroatoms. The van der Waals surface area contributed by atoms with E-state index in [9.17, 15) is 4.79 Å². The molecule has 1 aliphatic rings. The van der Waals surface area contributed by atoms with Crippen LogP contribution in [0.2, 0.25) is 9.49 Å². The molecular weight excluding hydrogens is 391 g/mol. The van der Waals surface area contributed by atoms with Crippen molar-refractivity contribution in [1.82, 2.24) is 9.88 Å². The fourth-order valence-corrected chi connectivity index (χ4v) is 4.21. The molecule has 3 rings (SSSR count). The van der Waals surface area contributed by atoms with Gasteiger partial charge >= 0.3 is 0 Å². The number of rotatable bonds is 6. The number of nitrogens with zero attached hydrogens (tertiary/aromatic N) is 3. The third kappa shape index (κ3) is 4.81. The molecule has 0 atom stereocenters. The summed E-state index contributed by atoms with van der Waals surface area (Å²) in [5.41, 5.74) is 1.97. The lowest BCUT2D eigenvalue weighted by atomic mass is 10.2. The zero-order valence-electron chi connectivity index (χ0n) is 14.7. The minimum Gasteiger partial charge on any atom is -0.380 e. The zero-order chi connectivity index (χ0) is 18.5. The van der Waals surface area contributed by atoms with Gasteiger partial charge in [0.15, 0.2) is 4.47 Å². The summed E-state index contributed by atoms with van der Waals surface area (Å²) in [7, 11) is 0. The predicted molar refractivity (Wildman–Crippen MR) is 110 cm³/mol. The first-order valence-electron chi connectivity index (χ1n) is 8.73. The Morgan fingerprint density at radius 2 is 2.04 bits per heavy atom. The number of hydrogen-bond acceptors (Lipinski definition) is 5. The molecular formula is C18H22Cl2N4OS. The van der Waals surface area contributed by atoms with E-state index in [1.54, 1.807) is 6.20 Å². The van der Waals surface area contributed by atoms with E-state index in [0.717, 1.165) is 48.9 Å². The summed E-state index contributed by atoms with van der Waals surface area (Å²) < 4.78 is 0.548. The Labute approximate surface area is 167 Å². The van der Waals surface area contributed by atoms with Crippen LogP contribution in [0.25, 0.3) is 0 Å². The van der Waals surface area contributed by atoms with Gasteiger partial charge in [-0.05, 0) is 24.6 Å². The number of carbonyl (C=O) groups excluding carboxylic acids is 1. The Hall–Kier alpha value is -1.50.